The minimum atomic E-state index is -0.876. The first-order valence-corrected chi connectivity index (χ1v) is 9.92. The average Bonchev–Trinajstić information content (AvgIpc) is 3.59. The van der Waals surface area contributed by atoms with Crippen molar-refractivity contribution in [2.45, 2.75) is 12.5 Å². The molecule has 1 aliphatic heterocycles. The van der Waals surface area contributed by atoms with Gasteiger partial charge in [0.1, 0.15) is 11.6 Å². The highest BCUT2D eigenvalue weighted by Gasteiger charge is 2.40. The molecule has 1 amide bonds. The molecule has 1 aromatic carbocycles. The fourth-order valence-corrected chi connectivity index (χ4v) is 4.05. The van der Waals surface area contributed by atoms with Crippen molar-refractivity contribution >= 4 is 16.9 Å². The van der Waals surface area contributed by atoms with Gasteiger partial charge in [0.25, 0.3) is 5.89 Å². The van der Waals surface area contributed by atoms with Crippen molar-refractivity contribution in [3.05, 3.63) is 71.8 Å². The van der Waals surface area contributed by atoms with Crippen LogP contribution in [-0.2, 0) is 13.5 Å². The van der Waals surface area contributed by atoms with Crippen LogP contribution in [0.2, 0.25) is 0 Å². The molecule has 4 aromatic heterocycles. The molecule has 0 bridgehead atoms. The van der Waals surface area contributed by atoms with Gasteiger partial charge in [-0.25, -0.2) is 9.37 Å². The van der Waals surface area contributed by atoms with E-state index in [-0.39, 0.29) is 17.5 Å². The molecule has 0 saturated carbocycles. The molecule has 6 rings (SSSR count). The number of carbonyl (C=O) groups excluding carboxylic acids is 1. The van der Waals surface area contributed by atoms with Gasteiger partial charge in [0.2, 0.25) is 0 Å². The third-order valence-corrected chi connectivity index (χ3v) is 5.55. The van der Waals surface area contributed by atoms with Crippen molar-refractivity contribution in [3.8, 4) is 11.5 Å². The summed E-state index contributed by atoms with van der Waals surface area (Å²) in [5.74, 6) is -1.08. The maximum atomic E-state index is 15.4. The number of amides is 1. The predicted octanol–water partition coefficient (Wildman–Crippen LogP) is 2.87. The van der Waals surface area contributed by atoms with Gasteiger partial charge < -0.3 is 18.7 Å². The number of benzene rings is 1. The Labute approximate surface area is 179 Å². The van der Waals surface area contributed by atoms with E-state index in [0.717, 1.165) is 5.69 Å². The van der Waals surface area contributed by atoms with E-state index in [1.807, 2.05) is 0 Å². The van der Waals surface area contributed by atoms with E-state index in [9.17, 15) is 4.79 Å². The number of hydrogen-bond donors (Lipinski definition) is 1. The Morgan fingerprint density at radius 1 is 1.25 bits per heavy atom. The van der Waals surface area contributed by atoms with Gasteiger partial charge in [-0.2, -0.15) is 5.10 Å². The van der Waals surface area contributed by atoms with Crippen LogP contribution in [0.25, 0.3) is 22.4 Å². The normalized spacial score (nSPS) is 15.9. The molecule has 1 atom stereocenters. The van der Waals surface area contributed by atoms with Crippen LogP contribution in [0.3, 0.4) is 0 Å². The molecule has 160 valence electrons. The van der Waals surface area contributed by atoms with E-state index in [0.29, 0.717) is 35.2 Å². The van der Waals surface area contributed by atoms with E-state index in [4.69, 9.17) is 8.83 Å². The second-order valence-electron chi connectivity index (χ2n) is 7.51. The lowest BCUT2D eigenvalue weighted by Gasteiger charge is -2.32. The monoisotopic (exact) mass is 433 g/mol. The summed E-state index contributed by atoms with van der Waals surface area (Å²) in [6.07, 6.45) is 5.30. The number of furan rings is 1. The summed E-state index contributed by atoms with van der Waals surface area (Å²) in [6.45, 7) is 0.291. The van der Waals surface area contributed by atoms with Crippen LogP contribution in [0.5, 0.6) is 0 Å². The molecule has 0 fully saturated rings. The van der Waals surface area contributed by atoms with E-state index in [1.165, 1.54) is 11.2 Å². The lowest BCUT2D eigenvalue weighted by Crippen LogP contribution is -2.41. The fourth-order valence-electron chi connectivity index (χ4n) is 4.05. The number of imidazole rings is 1. The van der Waals surface area contributed by atoms with Gasteiger partial charge >= 0.3 is 11.8 Å². The number of halogens is 1. The zero-order valence-electron chi connectivity index (χ0n) is 16.8. The van der Waals surface area contributed by atoms with Crippen molar-refractivity contribution < 1.29 is 18.0 Å². The van der Waals surface area contributed by atoms with Crippen molar-refractivity contribution in [2.75, 3.05) is 6.54 Å². The van der Waals surface area contributed by atoms with Gasteiger partial charge in [0.15, 0.2) is 11.6 Å². The van der Waals surface area contributed by atoms with Crippen LogP contribution in [-0.4, -0.2) is 47.3 Å². The van der Waals surface area contributed by atoms with Gasteiger partial charge in [-0.15, -0.1) is 10.2 Å². The number of nitrogens with one attached hydrogen (secondary N) is 1. The van der Waals surface area contributed by atoms with Crippen LogP contribution in [0, 0.1) is 5.82 Å². The Morgan fingerprint density at radius 2 is 2.12 bits per heavy atom. The molecule has 1 N–H and O–H groups in total. The zero-order chi connectivity index (χ0) is 21.8. The number of nitrogens with zero attached hydrogens (tertiary/aromatic N) is 6. The molecular formula is C21H16FN7O3. The summed E-state index contributed by atoms with van der Waals surface area (Å²) < 4.78 is 28.4. The van der Waals surface area contributed by atoms with E-state index >= 15 is 4.39 Å². The minimum absolute atomic E-state index is 0.0135. The molecule has 32 heavy (non-hydrogen) atoms. The Kier molecular flexibility index (Phi) is 3.97. The van der Waals surface area contributed by atoms with Crippen molar-refractivity contribution in [1.82, 2.24) is 34.8 Å². The number of H-pyrrole nitrogens is 1. The van der Waals surface area contributed by atoms with E-state index in [2.05, 4.69) is 25.3 Å². The Morgan fingerprint density at radius 3 is 2.94 bits per heavy atom. The summed E-state index contributed by atoms with van der Waals surface area (Å²) in [5, 5.41) is 12.3. The SMILES string of the molecule is Cn1cc(-c2nnc(C(=O)N3CCc4[nH]cnc4[C@@H]3c3oc4ccccc4c3F)o2)cn1. The summed E-state index contributed by atoms with van der Waals surface area (Å²) >= 11 is 0. The highest BCUT2D eigenvalue weighted by atomic mass is 19.1. The van der Waals surface area contributed by atoms with Crippen LogP contribution in [0.15, 0.2) is 51.8 Å². The van der Waals surface area contributed by atoms with Crippen LogP contribution >= 0.6 is 0 Å². The number of rotatable bonds is 3. The quantitative estimate of drug-likeness (QED) is 0.465. The number of aryl methyl sites for hydroxylation is 1. The van der Waals surface area contributed by atoms with Crippen LogP contribution in [0.4, 0.5) is 4.39 Å². The van der Waals surface area contributed by atoms with Crippen molar-refractivity contribution in [2.24, 2.45) is 7.05 Å². The predicted molar refractivity (Wildman–Crippen MR) is 108 cm³/mol. The summed E-state index contributed by atoms with van der Waals surface area (Å²) in [6, 6.07) is 5.93. The molecule has 0 aliphatic carbocycles. The first-order valence-electron chi connectivity index (χ1n) is 9.92. The lowest BCUT2D eigenvalue weighted by atomic mass is 9.99. The standard InChI is InChI=1S/C21H16FN7O3/c1-28-9-11(8-25-28)19-26-27-20(32-19)21(30)29-7-6-13-16(24-10-23-13)17(29)18-15(22)12-4-2-3-5-14(12)31-18/h2-5,8-10,17H,6-7H2,1H3,(H,23,24)/t17-/m1/s1. The van der Waals surface area contributed by atoms with Crippen LogP contribution in [0.1, 0.15) is 33.9 Å². The largest absolute Gasteiger partial charge is 0.455 e. The second kappa shape index (κ2) is 6.87. The molecule has 5 aromatic rings. The van der Waals surface area contributed by atoms with Gasteiger partial charge in [0, 0.05) is 31.9 Å². The van der Waals surface area contributed by atoms with Gasteiger partial charge in [0.05, 0.1) is 29.2 Å². The topological polar surface area (TPSA) is 119 Å². The van der Waals surface area contributed by atoms with E-state index < -0.39 is 17.8 Å². The average molecular weight is 433 g/mol. The Balaban J connectivity index is 1.43. The Bertz CT molecular complexity index is 1460. The van der Waals surface area contributed by atoms with Gasteiger partial charge in [-0.05, 0) is 12.1 Å². The highest BCUT2D eigenvalue weighted by Crippen LogP contribution is 2.39. The number of aromatic nitrogens is 6. The zero-order valence-corrected chi connectivity index (χ0v) is 16.8. The number of carbonyl (C=O) groups is 1. The molecule has 0 spiro atoms. The third-order valence-electron chi connectivity index (χ3n) is 5.55. The highest BCUT2D eigenvalue weighted by molar-refractivity contribution is 5.91. The number of hydrogen-bond acceptors (Lipinski definition) is 7. The summed E-state index contributed by atoms with van der Waals surface area (Å²) in [4.78, 5) is 22.3. The molecular weight excluding hydrogens is 417 g/mol. The fraction of sp³-hybridized carbons (Fsp3) is 0.190. The number of para-hydroxylation sites is 1. The third kappa shape index (κ3) is 2.74. The maximum Gasteiger partial charge on any atom is 0.312 e. The molecule has 0 saturated heterocycles. The summed E-state index contributed by atoms with van der Waals surface area (Å²) in [5.41, 5.74) is 2.33. The minimum Gasteiger partial charge on any atom is -0.455 e. The van der Waals surface area contributed by atoms with Gasteiger partial charge in [-0.1, -0.05) is 12.1 Å². The molecule has 11 heteroatoms. The first kappa shape index (κ1) is 18.5. The number of aromatic amines is 1. The molecule has 1 aliphatic rings. The van der Waals surface area contributed by atoms with Crippen LogP contribution < -0.4 is 0 Å². The van der Waals surface area contributed by atoms with Gasteiger partial charge in [-0.3, -0.25) is 9.48 Å². The smallest absolute Gasteiger partial charge is 0.312 e. The van der Waals surface area contributed by atoms with E-state index in [1.54, 1.807) is 48.4 Å². The number of fused-ring (bicyclic) bond motifs is 2. The second-order valence-corrected chi connectivity index (χ2v) is 7.51. The molecule has 0 radical (unpaired) electrons. The molecule has 0 unspecified atom stereocenters. The molecule has 5 heterocycles. The Hall–Kier alpha value is -4.28. The maximum absolute atomic E-state index is 15.4. The lowest BCUT2D eigenvalue weighted by molar-refractivity contribution is 0.0628. The summed E-state index contributed by atoms with van der Waals surface area (Å²) in [7, 11) is 1.76. The molecule has 10 nitrogen and oxygen atoms in total. The van der Waals surface area contributed by atoms with Crippen molar-refractivity contribution in [3.63, 3.8) is 0 Å². The van der Waals surface area contributed by atoms with Crippen molar-refractivity contribution in [1.29, 1.82) is 0 Å². The first-order chi connectivity index (χ1) is 15.6.